The lowest BCUT2D eigenvalue weighted by Gasteiger charge is -2.32. The zero-order valence-electron chi connectivity index (χ0n) is 16.1. The van der Waals surface area contributed by atoms with Crippen LogP contribution in [-0.2, 0) is 17.9 Å². The number of likely N-dealkylation sites (tertiary alicyclic amines) is 1. The second-order valence-electron chi connectivity index (χ2n) is 7.03. The maximum atomic E-state index is 12.7. The van der Waals surface area contributed by atoms with Gasteiger partial charge in [-0.25, -0.2) is 14.7 Å². The maximum Gasteiger partial charge on any atom is 0.347 e. The van der Waals surface area contributed by atoms with E-state index < -0.39 is 0 Å². The second-order valence-corrected chi connectivity index (χ2v) is 7.03. The Hall–Kier alpha value is -2.71. The van der Waals surface area contributed by atoms with Gasteiger partial charge in [-0.15, -0.1) is 0 Å². The minimum absolute atomic E-state index is 0.00695. The van der Waals surface area contributed by atoms with E-state index in [1.165, 1.54) is 4.57 Å². The summed E-state index contributed by atoms with van der Waals surface area (Å²) in [7, 11) is 0. The minimum atomic E-state index is -0.319. The maximum absolute atomic E-state index is 12.7. The molecule has 2 aromatic heterocycles. The molecule has 1 fully saturated rings. The minimum Gasteiger partial charge on any atom is -0.342 e. The van der Waals surface area contributed by atoms with E-state index >= 15 is 0 Å². The van der Waals surface area contributed by atoms with Crippen LogP contribution in [0.2, 0.25) is 0 Å². The van der Waals surface area contributed by atoms with Crippen LogP contribution in [0.4, 0.5) is 0 Å². The lowest BCUT2D eigenvalue weighted by molar-refractivity contribution is -0.132. The summed E-state index contributed by atoms with van der Waals surface area (Å²) in [5.41, 5.74) is 0.957. The van der Waals surface area contributed by atoms with Gasteiger partial charge in [0.15, 0.2) is 0 Å². The fraction of sp³-hybridized carbons (Fsp3) is 0.611. The van der Waals surface area contributed by atoms with E-state index in [2.05, 4.69) is 15.2 Å². The van der Waals surface area contributed by atoms with Gasteiger partial charge in [0.2, 0.25) is 5.91 Å². The Morgan fingerprint density at radius 1 is 1.30 bits per heavy atom. The molecular weight excluding hydrogens is 348 g/mol. The van der Waals surface area contributed by atoms with Gasteiger partial charge in [0.05, 0.1) is 0 Å². The van der Waals surface area contributed by atoms with Crippen molar-refractivity contribution >= 4 is 5.91 Å². The van der Waals surface area contributed by atoms with E-state index in [4.69, 9.17) is 0 Å². The summed E-state index contributed by atoms with van der Waals surface area (Å²) >= 11 is 0. The van der Waals surface area contributed by atoms with Crippen molar-refractivity contribution in [2.45, 2.75) is 59.0 Å². The molecule has 0 bridgehead atoms. The zero-order chi connectivity index (χ0) is 19.6. The zero-order valence-corrected chi connectivity index (χ0v) is 16.1. The molecule has 1 atom stereocenters. The normalized spacial score (nSPS) is 17.3. The number of hydrogen-bond donors (Lipinski definition) is 1. The SMILES string of the molecule is CCn1c([C@@H]2CCCN(C(=O)CCn3c(C)cc(C)nc3=O)C2)n[nH]c1=O. The number of carbonyl (C=O) groups is 1. The molecule has 0 aromatic carbocycles. The highest BCUT2D eigenvalue weighted by Gasteiger charge is 2.28. The van der Waals surface area contributed by atoms with Gasteiger partial charge in [0, 0.05) is 49.9 Å². The third-order valence-corrected chi connectivity index (χ3v) is 5.14. The third-order valence-electron chi connectivity index (χ3n) is 5.14. The number of nitrogens with one attached hydrogen (secondary N) is 1. The Morgan fingerprint density at radius 3 is 2.78 bits per heavy atom. The van der Waals surface area contributed by atoms with Crippen molar-refractivity contribution in [2.24, 2.45) is 0 Å². The predicted octanol–water partition coefficient (Wildman–Crippen LogP) is 0.561. The van der Waals surface area contributed by atoms with Crippen LogP contribution >= 0.6 is 0 Å². The Morgan fingerprint density at radius 2 is 2.07 bits per heavy atom. The Bertz CT molecular complexity index is 941. The van der Waals surface area contributed by atoms with Crippen LogP contribution in [0.5, 0.6) is 0 Å². The van der Waals surface area contributed by atoms with Crippen molar-refractivity contribution in [3.63, 3.8) is 0 Å². The van der Waals surface area contributed by atoms with Crippen molar-refractivity contribution in [3.05, 3.63) is 44.2 Å². The second kappa shape index (κ2) is 7.89. The smallest absolute Gasteiger partial charge is 0.342 e. The van der Waals surface area contributed by atoms with E-state index in [1.807, 2.05) is 24.8 Å². The van der Waals surface area contributed by atoms with Crippen molar-refractivity contribution in [1.82, 2.24) is 29.2 Å². The van der Waals surface area contributed by atoms with Crippen molar-refractivity contribution in [1.29, 1.82) is 0 Å². The first kappa shape index (κ1) is 19.1. The van der Waals surface area contributed by atoms with Crippen LogP contribution in [0.25, 0.3) is 0 Å². The number of amides is 1. The first-order valence-corrected chi connectivity index (χ1v) is 9.38. The summed E-state index contributed by atoms with van der Waals surface area (Å²) in [6, 6.07) is 1.84. The molecule has 27 heavy (non-hydrogen) atoms. The molecule has 3 rings (SSSR count). The van der Waals surface area contributed by atoms with Gasteiger partial charge in [0.25, 0.3) is 0 Å². The molecule has 2 aromatic rings. The summed E-state index contributed by atoms with van der Waals surface area (Å²) < 4.78 is 3.16. The quantitative estimate of drug-likeness (QED) is 0.823. The number of nitrogens with zero attached hydrogens (tertiary/aromatic N) is 5. The number of rotatable bonds is 5. The van der Waals surface area contributed by atoms with Crippen LogP contribution < -0.4 is 11.4 Å². The summed E-state index contributed by atoms with van der Waals surface area (Å²) in [5.74, 6) is 0.773. The van der Waals surface area contributed by atoms with Gasteiger partial charge in [-0.3, -0.25) is 13.9 Å². The van der Waals surface area contributed by atoms with E-state index in [0.717, 1.165) is 24.4 Å². The van der Waals surface area contributed by atoms with E-state index in [1.54, 1.807) is 11.5 Å². The molecule has 1 aliphatic heterocycles. The highest BCUT2D eigenvalue weighted by atomic mass is 16.2. The Kier molecular flexibility index (Phi) is 5.57. The van der Waals surface area contributed by atoms with Crippen LogP contribution in [0, 0.1) is 13.8 Å². The number of aromatic nitrogens is 5. The first-order valence-electron chi connectivity index (χ1n) is 9.38. The largest absolute Gasteiger partial charge is 0.347 e. The fourth-order valence-corrected chi connectivity index (χ4v) is 3.77. The molecule has 3 heterocycles. The molecule has 1 aliphatic rings. The van der Waals surface area contributed by atoms with Gasteiger partial charge in [-0.05, 0) is 39.7 Å². The average molecular weight is 374 g/mol. The van der Waals surface area contributed by atoms with Crippen molar-refractivity contribution in [3.8, 4) is 0 Å². The van der Waals surface area contributed by atoms with E-state index in [-0.39, 0.29) is 29.6 Å². The molecule has 9 heteroatoms. The monoisotopic (exact) mass is 374 g/mol. The van der Waals surface area contributed by atoms with Crippen LogP contribution in [0.3, 0.4) is 0 Å². The van der Waals surface area contributed by atoms with Gasteiger partial charge >= 0.3 is 11.4 Å². The number of piperidine rings is 1. The molecule has 0 spiro atoms. The lowest BCUT2D eigenvalue weighted by atomic mass is 9.97. The van der Waals surface area contributed by atoms with Gasteiger partial charge < -0.3 is 4.90 Å². The van der Waals surface area contributed by atoms with E-state index in [9.17, 15) is 14.4 Å². The third kappa shape index (κ3) is 4.01. The highest BCUT2D eigenvalue weighted by Crippen LogP contribution is 2.25. The van der Waals surface area contributed by atoms with E-state index in [0.29, 0.717) is 31.9 Å². The van der Waals surface area contributed by atoms with Crippen molar-refractivity contribution in [2.75, 3.05) is 13.1 Å². The summed E-state index contributed by atoms with van der Waals surface area (Å²) in [6.45, 7) is 7.64. The standard InChI is InChI=1S/C18H26N6O3/c1-4-23-16(20-21-18(23)27)14-6-5-8-22(11-14)15(25)7-9-24-13(3)10-12(2)19-17(24)26/h10,14H,4-9,11H2,1-3H3,(H,21,27)/t14-/m1/s1. The Labute approximate surface area is 157 Å². The molecule has 0 unspecified atom stereocenters. The highest BCUT2D eigenvalue weighted by molar-refractivity contribution is 5.76. The number of H-pyrrole nitrogens is 1. The van der Waals surface area contributed by atoms with Crippen LogP contribution in [0.1, 0.15) is 49.3 Å². The molecular formula is C18H26N6O3. The van der Waals surface area contributed by atoms with Crippen molar-refractivity contribution < 1.29 is 4.79 Å². The molecule has 1 amide bonds. The molecule has 146 valence electrons. The fourth-order valence-electron chi connectivity index (χ4n) is 3.77. The number of hydrogen-bond acceptors (Lipinski definition) is 5. The number of aryl methyl sites for hydroxylation is 2. The number of carbonyl (C=O) groups excluding carboxylic acids is 1. The molecule has 0 aliphatic carbocycles. The topological polar surface area (TPSA) is 106 Å². The number of aromatic amines is 1. The summed E-state index contributed by atoms with van der Waals surface area (Å²) in [6.07, 6.45) is 2.01. The van der Waals surface area contributed by atoms with Crippen LogP contribution in [-0.4, -0.2) is 48.2 Å². The molecule has 9 nitrogen and oxygen atoms in total. The molecule has 1 saturated heterocycles. The Balaban J connectivity index is 1.67. The summed E-state index contributed by atoms with van der Waals surface area (Å²) in [5, 5.41) is 6.66. The predicted molar refractivity (Wildman–Crippen MR) is 99.7 cm³/mol. The molecule has 0 saturated carbocycles. The summed E-state index contributed by atoms with van der Waals surface area (Å²) in [4.78, 5) is 42.3. The van der Waals surface area contributed by atoms with Gasteiger partial charge in [-0.2, -0.15) is 10.1 Å². The molecule has 1 N–H and O–H groups in total. The molecule has 0 radical (unpaired) electrons. The van der Waals surface area contributed by atoms with Crippen LogP contribution in [0.15, 0.2) is 15.7 Å². The average Bonchev–Trinajstić information content (AvgIpc) is 3.01. The van der Waals surface area contributed by atoms with Gasteiger partial charge in [0.1, 0.15) is 5.82 Å². The van der Waals surface area contributed by atoms with Gasteiger partial charge in [-0.1, -0.05) is 0 Å². The first-order chi connectivity index (χ1) is 12.9. The lowest BCUT2D eigenvalue weighted by Crippen LogP contribution is -2.40.